The Labute approximate surface area is 176 Å². The molecule has 2 heterocycles. The van der Waals surface area contributed by atoms with Gasteiger partial charge in [0.1, 0.15) is 10.6 Å². The second kappa shape index (κ2) is 7.38. The molecule has 1 saturated heterocycles. The molecule has 4 rings (SSSR count). The van der Waals surface area contributed by atoms with Gasteiger partial charge in [0.25, 0.3) is 10.0 Å². The summed E-state index contributed by atoms with van der Waals surface area (Å²) in [5.41, 5.74) is 5.03. The minimum Gasteiger partial charge on any atom is -0.497 e. The fourth-order valence-electron chi connectivity index (χ4n) is 4.09. The smallest absolute Gasteiger partial charge is 0.492 e. The first-order chi connectivity index (χ1) is 14.1. The monoisotopic (exact) mass is 429 g/mol. The second-order valence-electron chi connectivity index (χ2n) is 8.40. The highest BCUT2D eigenvalue weighted by atomic mass is 32.2. The van der Waals surface area contributed by atoms with Crippen LogP contribution in [0.1, 0.15) is 37.4 Å². The molecule has 10 heteroatoms. The largest absolute Gasteiger partial charge is 0.497 e. The topological polar surface area (TPSA) is 111 Å². The number of rotatable bonds is 3. The molecule has 8 nitrogen and oxygen atoms in total. The molecule has 0 aromatic heterocycles. The first kappa shape index (κ1) is 20.9. The van der Waals surface area contributed by atoms with Gasteiger partial charge < -0.3 is 14.8 Å². The number of hydrogen-bond acceptors (Lipinski definition) is 7. The van der Waals surface area contributed by atoms with Crippen molar-refractivity contribution in [2.45, 2.75) is 31.2 Å². The van der Waals surface area contributed by atoms with Crippen molar-refractivity contribution in [1.29, 1.82) is 0 Å². The van der Waals surface area contributed by atoms with Gasteiger partial charge in [-0.3, -0.25) is 5.01 Å². The van der Waals surface area contributed by atoms with Crippen LogP contribution in [0.3, 0.4) is 0 Å². The molecule has 1 unspecified atom stereocenters. The maximum absolute atomic E-state index is 12.5. The number of methoxy groups -OCH3 is 1. The lowest BCUT2D eigenvalue weighted by atomic mass is 9.77. The molecule has 0 bridgehead atoms. The summed E-state index contributed by atoms with van der Waals surface area (Å²) in [5.74, 6) is 0.767. The van der Waals surface area contributed by atoms with E-state index in [2.05, 4.69) is 23.7 Å². The SMILES string of the molecule is COc1cc(C2CC(C)(C)CN(C3=NS(=O)(=O)c4ccccc43)N2)ccc1B(O)O. The van der Waals surface area contributed by atoms with Gasteiger partial charge in [-0.2, -0.15) is 8.42 Å². The standard InChI is InChI=1S/C20H24BN3O5S/c1-20(2)11-16(13-8-9-15(21(25)26)17(10-13)29-3)22-24(12-20)19-14-6-4-5-7-18(14)30(27,28)23-19/h4-10,16,22,25-26H,11-12H2,1-3H3. The van der Waals surface area contributed by atoms with Gasteiger partial charge in [0.15, 0.2) is 5.84 Å². The molecule has 0 spiro atoms. The summed E-state index contributed by atoms with van der Waals surface area (Å²) >= 11 is 0. The molecule has 2 aliphatic rings. The average molecular weight is 429 g/mol. The molecule has 1 atom stereocenters. The van der Waals surface area contributed by atoms with E-state index in [1.807, 2.05) is 6.07 Å². The molecule has 1 fully saturated rings. The lowest BCUT2D eigenvalue weighted by Crippen LogP contribution is -2.54. The van der Waals surface area contributed by atoms with Crippen LogP contribution in [0, 0.1) is 5.41 Å². The van der Waals surface area contributed by atoms with Crippen molar-refractivity contribution in [3.05, 3.63) is 53.6 Å². The lowest BCUT2D eigenvalue weighted by molar-refractivity contribution is 0.0907. The summed E-state index contributed by atoms with van der Waals surface area (Å²) in [7, 11) is -3.87. The van der Waals surface area contributed by atoms with E-state index in [1.165, 1.54) is 7.11 Å². The Hall–Kier alpha value is -2.40. The average Bonchev–Trinajstić information content (AvgIpc) is 2.97. The van der Waals surface area contributed by atoms with Crippen LogP contribution in [-0.4, -0.2) is 50.1 Å². The van der Waals surface area contributed by atoms with Gasteiger partial charge in [-0.05, 0) is 35.6 Å². The molecular formula is C20H24BN3O5S. The maximum Gasteiger partial charge on any atom is 0.492 e. The highest BCUT2D eigenvalue weighted by Gasteiger charge is 2.39. The van der Waals surface area contributed by atoms with Crippen LogP contribution in [0.2, 0.25) is 0 Å². The van der Waals surface area contributed by atoms with Gasteiger partial charge in [-0.25, -0.2) is 5.43 Å². The molecule has 3 N–H and O–H groups in total. The minimum absolute atomic E-state index is 0.137. The highest BCUT2D eigenvalue weighted by Crippen LogP contribution is 2.38. The first-order valence-electron chi connectivity index (χ1n) is 9.63. The van der Waals surface area contributed by atoms with E-state index in [9.17, 15) is 18.5 Å². The van der Waals surface area contributed by atoms with E-state index < -0.39 is 17.1 Å². The predicted molar refractivity (Wildman–Crippen MR) is 114 cm³/mol. The molecule has 2 aliphatic heterocycles. The zero-order valence-corrected chi connectivity index (χ0v) is 17.8. The molecule has 0 radical (unpaired) electrons. The lowest BCUT2D eigenvalue weighted by Gasteiger charge is -2.44. The van der Waals surface area contributed by atoms with Crippen LogP contribution < -0.4 is 15.6 Å². The number of hydrazine groups is 1. The van der Waals surface area contributed by atoms with Crippen molar-refractivity contribution in [1.82, 2.24) is 10.4 Å². The summed E-state index contributed by atoms with van der Waals surface area (Å²) in [6.45, 7) is 4.82. The van der Waals surface area contributed by atoms with Gasteiger partial charge in [0.2, 0.25) is 0 Å². The normalized spacial score (nSPS) is 21.7. The summed E-state index contributed by atoms with van der Waals surface area (Å²) < 4.78 is 34.4. The fourth-order valence-corrected chi connectivity index (χ4v) is 5.30. The van der Waals surface area contributed by atoms with E-state index in [1.54, 1.807) is 41.4 Å². The Balaban J connectivity index is 1.71. The molecule has 0 saturated carbocycles. The van der Waals surface area contributed by atoms with Crippen LogP contribution in [0.15, 0.2) is 51.8 Å². The summed E-state index contributed by atoms with van der Waals surface area (Å²) in [6, 6.07) is 11.9. The van der Waals surface area contributed by atoms with Crippen molar-refractivity contribution in [2.75, 3.05) is 13.7 Å². The van der Waals surface area contributed by atoms with Crippen LogP contribution in [0.4, 0.5) is 0 Å². The Bertz CT molecular complexity index is 1120. The van der Waals surface area contributed by atoms with Gasteiger partial charge in [0, 0.05) is 17.6 Å². The Morgan fingerprint density at radius 2 is 1.97 bits per heavy atom. The zero-order valence-electron chi connectivity index (χ0n) is 17.0. The van der Waals surface area contributed by atoms with E-state index in [4.69, 9.17) is 4.74 Å². The number of nitrogens with one attached hydrogen (secondary N) is 1. The van der Waals surface area contributed by atoms with Crippen molar-refractivity contribution in [3.8, 4) is 5.75 Å². The Morgan fingerprint density at radius 3 is 2.67 bits per heavy atom. The summed E-state index contributed by atoms with van der Waals surface area (Å²) in [4.78, 5) is 0.213. The summed E-state index contributed by atoms with van der Waals surface area (Å²) in [5, 5.41) is 20.9. The number of sulfonamides is 1. The van der Waals surface area contributed by atoms with Gasteiger partial charge >= 0.3 is 7.12 Å². The molecule has 158 valence electrons. The molecule has 0 aliphatic carbocycles. The van der Waals surface area contributed by atoms with Gasteiger partial charge in [0.05, 0.1) is 13.2 Å². The quantitative estimate of drug-likeness (QED) is 0.619. The third kappa shape index (κ3) is 3.71. The second-order valence-corrected chi connectivity index (χ2v) is 9.97. The first-order valence-corrected chi connectivity index (χ1v) is 11.1. The van der Waals surface area contributed by atoms with Crippen molar-refractivity contribution in [3.63, 3.8) is 0 Å². The molecule has 2 aromatic rings. The van der Waals surface area contributed by atoms with E-state index >= 15 is 0 Å². The van der Waals surface area contributed by atoms with E-state index in [0.29, 0.717) is 23.7 Å². The molecular weight excluding hydrogens is 405 g/mol. The molecule has 2 aromatic carbocycles. The number of fused-ring (bicyclic) bond motifs is 1. The molecule has 0 amide bonds. The van der Waals surface area contributed by atoms with Gasteiger partial charge in [-0.1, -0.05) is 38.1 Å². The van der Waals surface area contributed by atoms with Crippen LogP contribution in [0.25, 0.3) is 0 Å². The number of ether oxygens (including phenoxy) is 1. The number of hydrogen-bond donors (Lipinski definition) is 3. The zero-order chi connectivity index (χ0) is 21.7. The van der Waals surface area contributed by atoms with Crippen LogP contribution in [0.5, 0.6) is 5.75 Å². The van der Waals surface area contributed by atoms with Crippen LogP contribution in [-0.2, 0) is 10.0 Å². The number of nitrogens with zero attached hydrogens (tertiary/aromatic N) is 2. The number of amidine groups is 1. The highest BCUT2D eigenvalue weighted by molar-refractivity contribution is 7.90. The fraction of sp³-hybridized carbons (Fsp3) is 0.350. The molecule has 30 heavy (non-hydrogen) atoms. The van der Waals surface area contributed by atoms with Crippen molar-refractivity contribution in [2.24, 2.45) is 9.81 Å². The Morgan fingerprint density at radius 1 is 1.23 bits per heavy atom. The van der Waals surface area contributed by atoms with Gasteiger partial charge in [-0.15, -0.1) is 4.40 Å². The van der Waals surface area contributed by atoms with Crippen molar-refractivity contribution >= 4 is 28.4 Å². The van der Waals surface area contributed by atoms with E-state index in [-0.39, 0.29) is 21.8 Å². The number of benzene rings is 2. The third-order valence-corrected chi connectivity index (χ3v) is 6.79. The van der Waals surface area contributed by atoms with E-state index in [0.717, 1.165) is 12.0 Å². The maximum atomic E-state index is 12.5. The predicted octanol–water partition coefficient (Wildman–Crippen LogP) is 0.802. The third-order valence-electron chi connectivity index (χ3n) is 5.46. The Kier molecular flexibility index (Phi) is 5.13. The van der Waals surface area contributed by atoms with Crippen molar-refractivity contribution < 1.29 is 23.2 Å². The minimum atomic E-state index is -3.72. The van der Waals surface area contributed by atoms with Crippen LogP contribution >= 0.6 is 0 Å². The summed E-state index contributed by atoms with van der Waals surface area (Å²) in [6.07, 6.45) is 0.787.